The molecule has 2 aliphatic rings. The van der Waals surface area contributed by atoms with Crippen LogP contribution in [-0.4, -0.2) is 41.2 Å². The van der Waals surface area contributed by atoms with E-state index < -0.39 is 11.4 Å². The van der Waals surface area contributed by atoms with Crippen molar-refractivity contribution >= 4 is 33.6 Å². The number of carbonyl (C=O) groups excluding carboxylic acids is 2. The van der Waals surface area contributed by atoms with Crippen molar-refractivity contribution in [3.8, 4) is 6.07 Å². The number of primary amides is 1. The second-order valence-corrected chi connectivity index (χ2v) is 9.04. The highest BCUT2D eigenvalue weighted by atomic mass is 79.9. The van der Waals surface area contributed by atoms with Crippen LogP contribution in [-0.2, 0) is 16.1 Å². The number of nitrogens with zero attached hydrogens (tertiary/aromatic N) is 2. The first kappa shape index (κ1) is 23.0. The number of nitriles is 1. The van der Waals surface area contributed by atoms with Crippen LogP contribution in [0.2, 0.25) is 0 Å². The largest absolute Gasteiger partial charge is 0.384 e. The van der Waals surface area contributed by atoms with Crippen molar-refractivity contribution < 1.29 is 9.59 Å². The maximum atomic E-state index is 11.9. The number of nitrogens with two attached hydrogens (primary N) is 1. The van der Waals surface area contributed by atoms with Gasteiger partial charge in [0.2, 0.25) is 5.91 Å². The molecule has 1 aromatic rings. The fraction of sp³-hybridized carbons (Fsp3) is 0.455. The lowest BCUT2D eigenvalue weighted by Crippen LogP contribution is -2.51. The average molecular weight is 487 g/mol. The van der Waals surface area contributed by atoms with Crippen LogP contribution >= 0.6 is 15.9 Å². The number of rotatable bonds is 8. The van der Waals surface area contributed by atoms with Gasteiger partial charge in [-0.25, -0.2) is 0 Å². The molecule has 1 aliphatic carbocycles. The van der Waals surface area contributed by atoms with Crippen molar-refractivity contribution in [3.05, 3.63) is 46.1 Å². The topological polar surface area (TPSA) is 135 Å². The van der Waals surface area contributed by atoms with Gasteiger partial charge in [0.1, 0.15) is 5.84 Å². The first-order chi connectivity index (χ1) is 14.8. The molecule has 1 heterocycles. The molecule has 0 unspecified atom stereocenters. The maximum Gasteiger partial charge on any atom is 0.253 e. The van der Waals surface area contributed by atoms with Crippen molar-refractivity contribution in [1.29, 1.82) is 10.7 Å². The maximum absolute atomic E-state index is 11.9. The van der Waals surface area contributed by atoms with Crippen LogP contribution in [0.25, 0.3) is 0 Å². The number of hydrogen-bond acceptors (Lipinski definition) is 6. The second-order valence-electron chi connectivity index (χ2n) is 8.19. The Morgan fingerprint density at radius 3 is 2.58 bits per heavy atom. The molecule has 0 bridgehead atoms. The number of amides is 2. The van der Waals surface area contributed by atoms with Gasteiger partial charge in [-0.2, -0.15) is 5.26 Å². The average Bonchev–Trinajstić information content (AvgIpc) is 3.57. The highest BCUT2D eigenvalue weighted by Gasteiger charge is 2.35. The van der Waals surface area contributed by atoms with Gasteiger partial charge in [-0.15, -0.1) is 0 Å². The van der Waals surface area contributed by atoms with E-state index in [0.29, 0.717) is 12.8 Å². The molecule has 0 atom stereocenters. The monoisotopic (exact) mass is 486 g/mol. The van der Waals surface area contributed by atoms with Crippen LogP contribution in [0.4, 0.5) is 0 Å². The van der Waals surface area contributed by atoms with Crippen LogP contribution < -0.4 is 16.4 Å². The summed E-state index contributed by atoms with van der Waals surface area (Å²) in [6.45, 7) is 2.38. The molecule has 0 spiro atoms. The highest BCUT2D eigenvalue weighted by Crippen LogP contribution is 2.29. The lowest BCUT2D eigenvalue weighted by Gasteiger charge is -2.41. The Labute approximate surface area is 190 Å². The minimum atomic E-state index is -0.799. The Kier molecular flexibility index (Phi) is 7.46. The first-order valence-corrected chi connectivity index (χ1v) is 11.1. The molecule has 2 fully saturated rings. The van der Waals surface area contributed by atoms with Gasteiger partial charge in [0, 0.05) is 36.2 Å². The van der Waals surface area contributed by atoms with Gasteiger partial charge in [-0.1, -0.05) is 34.1 Å². The predicted molar refractivity (Wildman–Crippen MR) is 121 cm³/mol. The zero-order valence-corrected chi connectivity index (χ0v) is 18.9. The minimum absolute atomic E-state index is 0.0821. The Hall–Kier alpha value is -2.70. The number of piperidine rings is 1. The standard InChI is InChI=1S/C22H27BrN6O2/c23-18-4-2-1-3-16(18)14-29-11-8-22(7-10-24,9-12-29)27-13-17(20(26)30)19(25)28-21(31)15-5-6-15/h1-4,13,15,27H,5-9,11-12,14H2,(H2,26,30)(H2,25,28,31)/b17-13+. The van der Waals surface area contributed by atoms with Crippen molar-refractivity contribution in [2.24, 2.45) is 11.7 Å². The van der Waals surface area contributed by atoms with Gasteiger partial charge in [0.05, 0.1) is 23.6 Å². The molecule has 9 heteroatoms. The molecule has 2 amide bonds. The lowest BCUT2D eigenvalue weighted by atomic mass is 9.84. The molecule has 8 nitrogen and oxygen atoms in total. The van der Waals surface area contributed by atoms with Gasteiger partial charge in [-0.3, -0.25) is 19.9 Å². The Bertz CT molecular complexity index is 926. The van der Waals surface area contributed by atoms with E-state index in [4.69, 9.17) is 11.1 Å². The molecule has 1 aromatic carbocycles. The quantitative estimate of drug-likeness (QED) is 0.253. The number of nitrogens with one attached hydrogen (secondary N) is 3. The minimum Gasteiger partial charge on any atom is -0.384 e. The van der Waals surface area contributed by atoms with E-state index in [9.17, 15) is 14.9 Å². The van der Waals surface area contributed by atoms with E-state index in [-0.39, 0.29) is 29.7 Å². The van der Waals surface area contributed by atoms with Crippen LogP contribution in [0.3, 0.4) is 0 Å². The molecule has 1 aliphatic heterocycles. The third-order valence-corrected chi connectivity index (χ3v) is 6.61. The van der Waals surface area contributed by atoms with E-state index in [2.05, 4.69) is 43.6 Å². The summed E-state index contributed by atoms with van der Waals surface area (Å²) in [5.41, 5.74) is 6.04. The molecular formula is C22H27BrN6O2. The van der Waals surface area contributed by atoms with Crippen LogP contribution in [0, 0.1) is 22.7 Å². The van der Waals surface area contributed by atoms with Crippen LogP contribution in [0.5, 0.6) is 0 Å². The SMILES string of the molecule is N#CCC1(N/C=C(\C(=N)NC(=O)C2CC2)C(N)=O)CCN(Cc2ccccc2Br)CC1. The van der Waals surface area contributed by atoms with Gasteiger partial charge in [0.15, 0.2) is 0 Å². The molecule has 5 N–H and O–H groups in total. The number of benzene rings is 1. The molecule has 0 aromatic heterocycles. The van der Waals surface area contributed by atoms with Crippen molar-refractivity contribution in [1.82, 2.24) is 15.5 Å². The van der Waals surface area contributed by atoms with Gasteiger partial charge < -0.3 is 16.4 Å². The Morgan fingerprint density at radius 2 is 2.00 bits per heavy atom. The zero-order valence-electron chi connectivity index (χ0n) is 17.3. The summed E-state index contributed by atoms with van der Waals surface area (Å²) in [7, 11) is 0. The molecular weight excluding hydrogens is 460 g/mol. The second kappa shape index (κ2) is 10.1. The number of likely N-dealkylation sites (tertiary alicyclic amines) is 1. The smallest absolute Gasteiger partial charge is 0.253 e. The summed E-state index contributed by atoms with van der Waals surface area (Å²) in [4.78, 5) is 26.1. The van der Waals surface area contributed by atoms with Crippen LogP contribution in [0.15, 0.2) is 40.5 Å². The number of amidine groups is 1. The third kappa shape index (κ3) is 6.15. The summed E-state index contributed by atoms with van der Waals surface area (Å²) < 4.78 is 1.07. The van der Waals surface area contributed by atoms with Gasteiger partial charge in [-0.05, 0) is 37.3 Å². The highest BCUT2D eigenvalue weighted by molar-refractivity contribution is 9.10. The molecule has 31 heavy (non-hydrogen) atoms. The molecule has 3 rings (SSSR count). The fourth-order valence-corrected chi connectivity index (χ4v) is 4.07. The van der Waals surface area contributed by atoms with E-state index in [1.807, 2.05) is 18.2 Å². The Morgan fingerprint density at radius 1 is 1.32 bits per heavy atom. The summed E-state index contributed by atoms with van der Waals surface area (Å²) in [6, 6.07) is 10.3. The third-order valence-electron chi connectivity index (χ3n) is 5.84. The lowest BCUT2D eigenvalue weighted by molar-refractivity contribution is -0.120. The summed E-state index contributed by atoms with van der Waals surface area (Å²) in [6.07, 6.45) is 4.66. The number of hydrogen-bond donors (Lipinski definition) is 4. The molecule has 0 radical (unpaired) electrons. The first-order valence-electron chi connectivity index (χ1n) is 10.3. The molecule has 164 valence electrons. The van der Waals surface area contributed by atoms with E-state index in [1.165, 1.54) is 11.8 Å². The van der Waals surface area contributed by atoms with E-state index in [1.54, 1.807) is 0 Å². The number of halogens is 1. The van der Waals surface area contributed by atoms with Crippen LogP contribution in [0.1, 0.15) is 37.7 Å². The fourth-order valence-electron chi connectivity index (χ4n) is 3.66. The van der Waals surface area contributed by atoms with E-state index in [0.717, 1.165) is 36.9 Å². The zero-order chi connectivity index (χ0) is 22.4. The molecule has 1 saturated heterocycles. The summed E-state index contributed by atoms with van der Waals surface area (Å²) in [5, 5.41) is 23.1. The predicted octanol–water partition coefficient (Wildman–Crippen LogP) is 2.16. The summed E-state index contributed by atoms with van der Waals surface area (Å²) >= 11 is 3.58. The normalized spacial score (nSPS) is 18.6. The van der Waals surface area contributed by atoms with E-state index >= 15 is 0 Å². The van der Waals surface area contributed by atoms with Crippen molar-refractivity contribution in [3.63, 3.8) is 0 Å². The Balaban J connectivity index is 1.64. The molecule has 1 saturated carbocycles. The van der Waals surface area contributed by atoms with Crippen molar-refractivity contribution in [2.45, 2.75) is 44.2 Å². The van der Waals surface area contributed by atoms with Gasteiger partial charge >= 0.3 is 0 Å². The summed E-state index contributed by atoms with van der Waals surface area (Å²) in [5.74, 6) is -1.45. The number of carbonyl (C=O) groups is 2. The van der Waals surface area contributed by atoms with Gasteiger partial charge in [0.25, 0.3) is 5.91 Å². The van der Waals surface area contributed by atoms with Crippen molar-refractivity contribution in [2.75, 3.05) is 13.1 Å².